The number of rotatable bonds is 1. The van der Waals surface area contributed by atoms with E-state index in [0.29, 0.717) is 24.0 Å². The SMILES string of the molecule is [2H]C1([2H])c2ccc3c(ccc(-c4cc(C)cc(C)c4C)[n+]3C)c2C([2H])([2H])C12CCCC2. The Morgan fingerprint density at radius 2 is 1.74 bits per heavy atom. The van der Waals surface area contributed by atoms with Crippen LogP contribution in [0.1, 0.15) is 59.0 Å². The van der Waals surface area contributed by atoms with Gasteiger partial charge in [0.1, 0.15) is 7.05 Å². The summed E-state index contributed by atoms with van der Waals surface area (Å²) in [7, 11) is 2.03. The van der Waals surface area contributed by atoms with Gasteiger partial charge in [-0.05, 0) is 86.2 Å². The Morgan fingerprint density at radius 3 is 2.52 bits per heavy atom. The van der Waals surface area contributed by atoms with Crippen LogP contribution < -0.4 is 4.57 Å². The maximum absolute atomic E-state index is 9.15. The molecular weight excluding hydrogens is 326 g/mol. The van der Waals surface area contributed by atoms with Crippen LogP contribution in [0.15, 0.2) is 36.4 Å². The summed E-state index contributed by atoms with van der Waals surface area (Å²) in [5.74, 6) is 0. The number of aromatic nitrogens is 1. The Labute approximate surface area is 168 Å². The van der Waals surface area contributed by atoms with Gasteiger partial charge in [-0.2, -0.15) is 4.57 Å². The van der Waals surface area contributed by atoms with Crippen LogP contribution >= 0.6 is 0 Å². The number of fused-ring (bicyclic) bond motifs is 3. The van der Waals surface area contributed by atoms with Crippen molar-refractivity contribution >= 4 is 10.9 Å². The van der Waals surface area contributed by atoms with Crippen molar-refractivity contribution in [1.29, 1.82) is 0 Å². The van der Waals surface area contributed by atoms with Crippen LogP contribution in [0.5, 0.6) is 0 Å². The molecule has 3 aromatic rings. The second-order valence-corrected chi connectivity index (χ2v) is 8.49. The molecule has 1 aromatic heterocycles. The fourth-order valence-electron chi connectivity index (χ4n) is 5.05. The molecule has 1 spiro atoms. The minimum Gasteiger partial charge on any atom is -0.194 e. The first-order chi connectivity index (χ1) is 14.5. The molecule has 0 saturated heterocycles. The highest BCUT2D eigenvalue weighted by atomic mass is 14.9. The smallest absolute Gasteiger partial charge is 0.194 e. The summed E-state index contributed by atoms with van der Waals surface area (Å²) in [5.41, 5.74) is 7.11. The first kappa shape index (κ1) is 13.1. The van der Waals surface area contributed by atoms with Crippen molar-refractivity contribution in [2.45, 2.75) is 59.2 Å². The van der Waals surface area contributed by atoms with Gasteiger partial charge in [-0.3, -0.25) is 0 Å². The highest BCUT2D eigenvalue weighted by Crippen LogP contribution is 2.50. The van der Waals surface area contributed by atoms with Crippen LogP contribution in [0.3, 0.4) is 0 Å². The lowest BCUT2D eigenvalue weighted by molar-refractivity contribution is -0.633. The molecule has 138 valence electrons. The Morgan fingerprint density at radius 1 is 0.963 bits per heavy atom. The Hall–Kier alpha value is -2.15. The molecule has 2 aromatic carbocycles. The maximum atomic E-state index is 9.15. The van der Waals surface area contributed by atoms with Gasteiger partial charge in [0, 0.05) is 28.6 Å². The molecule has 0 bridgehead atoms. The summed E-state index contributed by atoms with van der Waals surface area (Å²) in [6.45, 7) is 6.40. The van der Waals surface area contributed by atoms with E-state index in [4.69, 9.17) is 5.48 Å². The normalized spacial score (nSPS) is 23.7. The number of nitrogens with zero attached hydrogens (tertiary/aromatic N) is 1. The highest BCUT2D eigenvalue weighted by molar-refractivity contribution is 5.83. The minimum atomic E-state index is -1.69. The summed E-state index contributed by atoms with van der Waals surface area (Å²) in [4.78, 5) is 0. The lowest BCUT2D eigenvalue weighted by atomic mass is 9.83. The molecule has 0 aliphatic heterocycles. The molecule has 0 unspecified atom stereocenters. The van der Waals surface area contributed by atoms with Crippen LogP contribution in [-0.4, -0.2) is 0 Å². The third-order valence-corrected chi connectivity index (χ3v) is 6.64. The van der Waals surface area contributed by atoms with E-state index in [1.54, 1.807) is 0 Å². The number of pyridine rings is 1. The number of hydrogen-bond acceptors (Lipinski definition) is 0. The zero-order valence-corrected chi connectivity index (χ0v) is 16.7. The molecule has 0 atom stereocenters. The number of benzene rings is 2. The predicted molar refractivity (Wildman–Crippen MR) is 113 cm³/mol. The van der Waals surface area contributed by atoms with Crippen LogP contribution in [-0.2, 0) is 19.8 Å². The average molecular weight is 361 g/mol. The fraction of sp³-hybridized carbons (Fsp3) is 0.423. The fourth-order valence-corrected chi connectivity index (χ4v) is 5.05. The van der Waals surface area contributed by atoms with Crippen molar-refractivity contribution in [3.8, 4) is 11.3 Å². The molecule has 1 heteroatoms. The van der Waals surface area contributed by atoms with Crippen LogP contribution in [0.2, 0.25) is 0 Å². The molecule has 1 nitrogen and oxygen atoms in total. The standard InChI is InChI=1S/C26H30N/c1-17-13-18(2)19(3)22(14-17)25-10-8-21-23-16-26(11-5-6-12-26)15-20(23)7-9-24(21)27(25)4/h7-10,13-14H,5-6,11-12,15-16H2,1-4H3/q+1/i15D2,16D2. The lowest BCUT2D eigenvalue weighted by Gasteiger charge is -2.21. The number of aryl methyl sites for hydroxylation is 3. The van der Waals surface area contributed by atoms with Crippen LogP contribution in [0.25, 0.3) is 22.2 Å². The molecule has 27 heavy (non-hydrogen) atoms. The van der Waals surface area contributed by atoms with Gasteiger partial charge in [0.25, 0.3) is 0 Å². The van der Waals surface area contributed by atoms with Gasteiger partial charge in [0.05, 0.1) is 0 Å². The zero-order valence-electron chi connectivity index (χ0n) is 20.7. The molecule has 2 aliphatic rings. The van der Waals surface area contributed by atoms with Crippen molar-refractivity contribution in [2.24, 2.45) is 12.5 Å². The summed E-state index contributed by atoms with van der Waals surface area (Å²) in [6, 6.07) is 12.3. The van der Waals surface area contributed by atoms with Crippen molar-refractivity contribution in [3.05, 3.63) is 64.2 Å². The Balaban J connectivity index is 1.80. The predicted octanol–water partition coefficient (Wildman–Crippen LogP) is 5.92. The van der Waals surface area contributed by atoms with E-state index < -0.39 is 18.2 Å². The van der Waals surface area contributed by atoms with E-state index in [1.807, 2.05) is 25.2 Å². The summed E-state index contributed by atoms with van der Waals surface area (Å²) >= 11 is 0. The third kappa shape index (κ3) is 2.55. The second-order valence-electron chi connectivity index (χ2n) is 8.49. The number of hydrogen-bond donors (Lipinski definition) is 0. The molecule has 0 N–H and O–H groups in total. The van der Waals surface area contributed by atoms with Crippen LogP contribution in [0, 0.1) is 26.2 Å². The quantitative estimate of drug-likeness (QED) is 0.475. The Bertz CT molecular complexity index is 1240. The van der Waals surface area contributed by atoms with E-state index in [1.165, 1.54) is 22.3 Å². The van der Waals surface area contributed by atoms with Gasteiger partial charge in [0.2, 0.25) is 11.2 Å². The molecule has 5 rings (SSSR count). The van der Waals surface area contributed by atoms with Crippen molar-refractivity contribution in [2.75, 3.05) is 0 Å². The van der Waals surface area contributed by atoms with Crippen LogP contribution in [0.4, 0.5) is 0 Å². The van der Waals surface area contributed by atoms with Gasteiger partial charge in [-0.15, -0.1) is 0 Å². The van der Waals surface area contributed by atoms with E-state index >= 15 is 0 Å². The Kier molecular flexibility index (Phi) is 2.87. The van der Waals surface area contributed by atoms with E-state index in [0.717, 1.165) is 29.4 Å². The molecule has 1 saturated carbocycles. The summed E-state index contributed by atoms with van der Waals surface area (Å²) in [6.07, 6.45) is -0.335. The molecule has 0 amide bonds. The van der Waals surface area contributed by atoms with E-state index in [2.05, 4.69) is 43.5 Å². The zero-order chi connectivity index (χ0) is 22.3. The monoisotopic (exact) mass is 360 g/mol. The summed E-state index contributed by atoms with van der Waals surface area (Å²) < 4.78 is 38.4. The maximum Gasteiger partial charge on any atom is 0.213 e. The molecule has 2 aliphatic carbocycles. The van der Waals surface area contributed by atoms with Gasteiger partial charge in [0.15, 0.2) is 0 Å². The first-order valence-electron chi connectivity index (χ1n) is 12.1. The summed E-state index contributed by atoms with van der Waals surface area (Å²) in [5, 5.41) is 0.837. The topological polar surface area (TPSA) is 3.88 Å². The van der Waals surface area contributed by atoms with Gasteiger partial charge < -0.3 is 0 Å². The second kappa shape index (κ2) is 5.92. The minimum absolute atomic E-state index is 0.544. The van der Waals surface area contributed by atoms with Gasteiger partial charge in [-0.1, -0.05) is 30.5 Å². The van der Waals surface area contributed by atoms with Crippen molar-refractivity contribution in [1.82, 2.24) is 0 Å². The largest absolute Gasteiger partial charge is 0.213 e. The van der Waals surface area contributed by atoms with Gasteiger partial charge >= 0.3 is 0 Å². The average Bonchev–Trinajstić information content (AvgIpc) is 3.26. The molecule has 1 heterocycles. The van der Waals surface area contributed by atoms with E-state index in [9.17, 15) is 0 Å². The lowest BCUT2D eigenvalue weighted by Crippen LogP contribution is -2.32. The third-order valence-electron chi connectivity index (χ3n) is 6.64. The molecule has 1 fully saturated rings. The van der Waals surface area contributed by atoms with Crippen molar-refractivity contribution in [3.63, 3.8) is 0 Å². The first-order valence-corrected chi connectivity index (χ1v) is 10.1. The molecular formula is C26H30N+. The van der Waals surface area contributed by atoms with Gasteiger partial charge in [-0.25, -0.2) is 0 Å². The van der Waals surface area contributed by atoms with Crippen molar-refractivity contribution < 1.29 is 10.1 Å². The van der Waals surface area contributed by atoms with E-state index in [-0.39, 0.29) is 0 Å². The molecule has 0 radical (unpaired) electrons. The highest BCUT2D eigenvalue weighted by Gasteiger charge is 2.40.